The molecule has 0 fully saturated rings. The van der Waals surface area contributed by atoms with E-state index in [4.69, 9.17) is 21.1 Å². The summed E-state index contributed by atoms with van der Waals surface area (Å²) in [5.41, 5.74) is 1.68. The Morgan fingerprint density at radius 2 is 1.74 bits per heavy atom. The van der Waals surface area contributed by atoms with Crippen LogP contribution in [-0.2, 0) is 9.59 Å². The lowest BCUT2D eigenvalue weighted by Crippen LogP contribution is -2.18. The fourth-order valence-corrected chi connectivity index (χ4v) is 2.57. The summed E-state index contributed by atoms with van der Waals surface area (Å²) < 4.78 is 10.4. The molecule has 0 saturated heterocycles. The van der Waals surface area contributed by atoms with Crippen molar-refractivity contribution in [1.82, 2.24) is 0 Å². The summed E-state index contributed by atoms with van der Waals surface area (Å²) in [4.78, 5) is 23.6. The quantitative estimate of drug-likeness (QED) is 0.637. The minimum atomic E-state index is -0.231. The lowest BCUT2D eigenvalue weighted by atomic mass is 10.2. The van der Waals surface area contributed by atoms with Gasteiger partial charge in [0.15, 0.2) is 0 Å². The zero-order valence-corrected chi connectivity index (χ0v) is 16.1. The predicted octanol–water partition coefficient (Wildman–Crippen LogP) is 3.76. The maximum Gasteiger partial charge on any atom is 0.226 e. The number of halogens is 1. The third-order valence-corrected chi connectivity index (χ3v) is 3.88. The zero-order valence-electron chi connectivity index (χ0n) is 15.4. The molecule has 0 atom stereocenters. The van der Waals surface area contributed by atoms with Gasteiger partial charge in [0.1, 0.15) is 11.5 Å². The number of carbonyl (C=O) groups excluding carboxylic acids is 2. The first-order chi connectivity index (χ1) is 12.9. The molecule has 0 unspecified atom stereocenters. The number of hydrogen-bond acceptors (Lipinski definition) is 5. The van der Waals surface area contributed by atoms with Crippen LogP contribution in [0.3, 0.4) is 0 Å². The molecule has 2 amide bonds. The van der Waals surface area contributed by atoms with Gasteiger partial charge in [-0.3, -0.25) is 9.59 Å². The third-order valence-electron chi connectivity index (χ3n) is 3.64. The Morgan fingerprint density at radius 1 is 0.963 bits per heavy atom. The molecule has 0 aliphatic carbocycles. The van der Waals surface area contributed by atoms with Gasteiger partial charge in [0, 0.05) is 31.0 Å². The Kier molecular flexibility index (Phi) is 7.31. The van der Waals surface area contributed by atoms with Crippen molar-refractivity contribution < 1.29 is 19.1 Å². The second-order valence-corrected chi connectivity index (χ2v) is 6.10. The van der Waals surface area contributed by atoms with Crippen LogP contribution in [0.15, 0.2) is 36.4 Å². The molecule has 0 aliphatic heterocycles. The smallest absolute Gasteiger partial charge is 0.226 e. The zero-order chi connectivity index (χ0) is 19.8. The van der Waals surface area contributed by atoms with Crippen molar-refractivity contribution in [2.45, 2.75) is 13.3 Å². The first-order valence-electron chi connectivity index (χ1n) is 8.26. The highest BCUT2D eigenvalue weighted by Crippen LogP contribution is 2.28. The number of methoxy groups -OCH3 is 2. The summed E-state index contributed by atoms with van der Waals surface area (Å²) in [6, 6.07) is 10.2. The van der Waals surface area contributed by atoms with Crippen molar-refractivity contribution >= 4 is 40.5 Å². The van der Waals surface area contributed by atoms with E-state index >= 15 is 0 Å². The average molecular weight is 392 g/mol. The van der Waals surface area contributed by atoms with E-state index in [1.807, 2.05) is 0 Å². The Labute approximate surface area is 163 Å². The summed E-state index contributed by atoms with van der Waals surface area (Å²) in [5.74, 6) is 0.760. The van der Waals surface area contributed by atoms with Crippen LogP contribution in [0.2, 0.25) is 5.02 Å². The van der Waals surface area contributed by atoms with E-state index in [0.717, 1.165) is 0 Å². The van der Waals surface area contributed by atoms with E-state index in [9.17, 15) is 9.59 Å². The number of hydrogen-bond donors (Lipinski definition) is 3. The first-order valence-corrected chi connectivity index (χ1v) is 8.63. The SMILES string of the molecule is COc1ccc(NC(C)=O)c(NC(=O)CCNc2cc(Cl)ccc2OC)c1. The van der Waals surface area contributed by atoms with E-state index in [2.05, 4.69) is 16.0 Å². The summed E-state index contributed by atoms with van der Waals surface area (Å²) in [5, 5.41) is 9.16. The van der Waals surface area contributed by atoms with Gasteiger partial charge in [-0.2, -0.15) is 0 Å². The molecule has 2 aromatic rings. The lowest BCUT2D eigenvalue weighted by molar-refractivity contribution is -0.116. The van der Waals surface area contributed by atoms with Gasteiger partial charge >= 0.3 is 0 Å². The van der Waals surface area contributed by atoms with Crippen molar-refractivity contribution in [1.29, 1.82) is 0 Å². The Balaban J connectivity index is 1.99. The van der Waals surface area contributed by atoms with E-state index in [1.54, 1.807) is 43.5 Å². The van der Waals surface area contributed by atoms with Crippen LogP contribution in [0.1, 0.15) is 13.3 Å². The second kappa shape index (κ2) is 9.68. The fourth-order valence-electron chi connectivity index (χ4n) is 2.39. The van der Waals surface area contributed by atoms with E-state index < -0.39 is 0 Å². The molecule has 2 rings (SSSR count). The molecular formula is C19H22ClN3O4. The molecule has 144 valence electrons. The number of ether oxygens (including phenoxy) is 2. The van der Waals surface area contributed by atoms with Crippen LogP contribution in [0.5, 0.6) is 11.5 Å². The van der Waals surface area contributed by atoms with Crippen molar-refractivity contribution in [2.24, 2.45) is 0 Å². The van der Waals surface area contributed by atoms with Crippen LogP contribution in [0.25, 0.3) is 0 Å². The minimum Gasteiger partial charge on any atom is -0.497 e. The second-order valence-electron chi connectivity index (χ2n) is 5.66. The number of rotatable bonds is 8. The van der Waals surface area contributed by atoms with Crippen LogP contribution < -0.4 is 25.4 Å². The van der Waals surface area contributed by atoms with E-state index in [1.165, 1.54) is 14.0 Å². The monoisotopic (exact) mass is 391 g/mol. The molecule has 0 heterocycles. The van der Waals surface area contributed by atoms with Gasteiger partial charge in [0.05, 0.1) is 31.3 Å². The van der Waals surface area contributed by atoms with Crippen molar-refractivity contribution in [3.8, 4) is 11.5 Å². The highest BCUT2D eigenvalue weighted by atomic mass is 35.5. The largest absolute Gasteiger partial charge is 0.497 e. The molecule has 0 spiro atoms. The maximum absolute atomic E-state index is 12.3. The predicted molar refractivity (Wildman–Crippen MR) is 107 cm³/mol. The number of benzene rings is 2. The van der Waals surface area contributed by atoms with Crippen molar-refractivity contribution in [2.75, 3.05) is 36.7 Å². The molecular weight excluding hydrogens is 370 g/mol. The van der Waals surface area contributed by atoms with E-state index in [-0.39, 0.29) is 18.2 Å². The topological polar surface area (TPSA) is 88.7 Å². The molecule has 27 heavy (non-hydrogen) atoms. The van der Waals surface area contributed by atoms with Crippen LogP contribution >= 0.6 is 11.6 Å². The number of anilines is 3. The molecule has 2 aromatic carbocycles. The lowest BCUT2D eigenvalue weighted by Gasteiger charge is -2.14. The van der Waals surface area contributed by atoms with Gasteiger partial charge in [-0.1, -0.05) is 11.6 Å². The van der Waals surface area contributed by atoms with Gasteiger partial charge < -0.3 is 25.4 Å². The summed E-state index contributed by atoms with van der Waals surface area (Å²) >= 11 is 5.99. The molecule has 0 radical (unpaired) electrons. The number of amides is 2. The highest BCUT2D eigenvalue weighted by Gasteiger charge is 2.10. The molecule has 0 saturated carbocycles. The molecule has 0 aliphatic rings. The fraction of sp³-hybridized carbons (Fsp3) is 0.263. The molecule has 8 heteroatoms. The Bertz CT molecular complexity index is 827. The van der Waals surface area contributed by atoms with Gasteiger partial charge in [0.2, 0.25) is 11.8 Å². The average Bonchev–Trinajstić information content (AvgIpc) is 2.63. The van der Waals surface area contributed by atoms with Gasteiger partial charge in [-0.15, -0.1) is 0 Å². The van der Waals surface area contributed by atoms with Crippen LogP contribution in [0.4, 0.5) is 17.1 Å². The molecule has 0 bridgehead atoms. The van der Waals surface area contributed by atoms with Gasteiger partial charge in [-0.05, 0) is 30.3 Å². The number of carbonyl (C=O) groups is 2. The highest BCUT2D eigenvalue weighted by molar-refractivity contribution is 6.30. The summed E-state index contributed by atoms with van der Waals surface area (Å²) in [6.45, 7) is 1.78. The minimum absolute atomic E-state index is 0.201. The van der Waals surface area contributed by atoms with E-state index in [0.29, 0.717) is 40.1 Å². The molecule has 7 nitrogen and oxygen atoms in total. The first kappa shape index (κ1) is 20.4. The van der Waals surface area contributed by atoms with Crippen LogP contribution in [-0.4, -0.2) is 32.6 Å². The molecule has 3 N–H and O–H groups in total. The van der Waals surface area contributed by atoms with Crippen molar-refractivity contribution in [3.05, 3.63) is 41.4 Å². The summed E-state index contributed by atoms with van der Waals surface area (Å²) in [6.07, 6.45) is 0.201. The van der Waals surface area contributed by atoms with Crippen molar-refractivity contribution in [3.63, 3.8) is 0 Å². The Morgan fingerprint density at radius 3 is 2.41 bits per heavy atom. The van der Waals surface area contributed by atoms with Crippen LogP contribution in [0, 0.1) is 0 Å². The normalized spacial score (nSPS) is 10.1. The van der Waals surface area contributed by atoms with Gasteiger partial charge in [0.25, 0.3) is 0 Å². The number of nitrogens with one attached hydrogen (secondary N) is 3. The standard InChI is InChI=1S/C19H22ClN3O4/c1-12(24)22-15-6-5-14(26-2)11-16(15)23-19(25)8-9-21-17-10-13(20)4-7-18(17)27-3/h4-7,10-11,21H,8-9H2,1-3H3,(H,22,24)(H,23,25). The van der Waals surface area contributed by atoms with Gasteiger partial charge in [-0.25, -0.2) is 0 Å². The maximum atomic E-state index is 12.3. The Hall–Kier alpha value is -2.93. The summed E-state index contributed by atoms with van der Waals surface area (Å²) in [7, 11) is 3.09. The third kappa shape index (κ3) is 6.07. The molecule has 0 aromatic heterocycles.